The van der Waals surface area contributed by atoms with E-state index in [2.05, 4.69) is 26.3 Å². The Morgan fingerprint density at radius 2 is 2.06 bits per heavy atom. The van der Waals surface area contributed by atoms with E-state index >= 15 is 0 Å². The smallest absolute Gasteiger partial charge is 0.306 e. The first-order valence-corrected chi connectivity index (χ1v) is 6.04. The van der Waals surface area contributed by atoms with Crippen molar-refractivity contribution < 1.29 is 13.2 Å². The molecule has 98 valence electrons. The van der Waals surface area contributed by atoms with Gasteiger partial charge >= 0.3 is 6.18 Å². The zero-order chi connectivity index (χ0) is 13.2. The van der Waals surface area contributed by atoms with E-state index in [4.69, 9.17) is 0 Å². The summed E-state index contributed by atoms with van der Waals surface area (Å²) in [4.78, 5) is 0. The van der Waals surface area contributed by atoms with Crippen LogP contribution in [-0.2, 0) is 13.5 Å². The van der Waals surface area contributed by atoms with E-state index in [1.54, 1.807) is 20.9 Å². The van der Waals surface area contributed by atoms with Crippen LogP contribution in [0.1, 0.15) is 18.3 Å². The van der Waals surface area contributed by atoms with Crippen LogP contribution in [0.4, 0.5) is 13.2 Å². The summed E-state index contributed by atoms with van der Waals surface area (Å²) in [5.74, 6) is 0. The summed E-state index contributed by atoms with van der Waals surface area (Å²) in [7, 11) is 1.65. The van der Waals surface area contributed by atoms with Crippen LogP contribution in [0.2, 0.25) is 0 Å². The Hall–Kier alpha value is -0.560. The van der Waals surface area contributed by atoms with Gasteiger partial charge in [-0.2, -0.15) is 18.3 Å². The molecule has 0 aromatic carbocycles. The lowest BCUT2D eigenvalue weighted by atomic mass is 10.1. The van der Waals surface area contributed by atoms with E-state index < -0.39 is 12.2 Å². The van der Waals surface area contributed by atoms with Crippen molar-refractivity contribution in [2.24, 2.45) is 7.05 Å². The summed E-state index contributed by atoms with van der Waals surface area (Å²) in [5, 5.41) is 6.53. The monoisotopic (exact) mass is 313 g/mol. The van der Waals surface area contributed by atoms with Crippen molar-refractivity contribution in [3.8, 4) is 0 Å². The molecule has 1 aromatic heterocycles. The quantitative estimate of drug-likeness (QED) is 0.926. The highest BCUT2D eigenvalue weighted by atomic mass is 79.9. The number of alkyl halides is 3. The Kier molecular flexibility index (Phi) is 4.60. The molecular formula is C10H15BrF3N3. The standard InChI is InChI=1S/C10H15BrF3N3/c1-4-15-8(10(12,13)14)5-7-9(11)6(2)16-17(7)3/h8,15H,4-5H2,1-3H3. The van der Waals surface area contributed by atoms with Gasteiger partial charge in [0.15, 0.2) is 0 Å². The minimum absolute atomic E-state index is 0.130. The van der Waals surface area contributed by atoms with E-state index in [9.17, 15) is 13.2 Å². The maximum atomic E-state index is 12.8. The third kappa shape index (κ3) is 3.45. The molecule has 0 radical (unpaired) electrons. The summed E-state index contributed by atoms with van der Waals surface area (Å²) in [5.41, 5.74) is 1.24. The summed E-state index contributed by atoms with van der Waals surface area (Å²) >= 11 is 3.27. The average Bonchev–Trinajstić information content (AvgIpc) is 2.42. The third-order valence-corrected chi connectivity index (χ3v) is 3.54. The van der Waals surface area contributed by atoms with Gasteiger partial charge in [0, 0.05) is 13.5 Å². The highest BCUT2D eigenvalue weighted by molar-refractivity contribution is 9.10. The summed E-state index contributed by atoms with van der Waals surface area (Å²) in [6.45, 7) is 3.68. The molecule has 7 heteroatoms. The highest BCUT2D eigenvalue weighted by Gasteiger charge is 2.39. The van der Waals surface area contributed by atoms with Crippen LogP contribution in [0.5, 0.6) is 0 Å². The normalized spacial score (nSPS) is 14.1. The molecule has 1 heterocycles. The molecule has 0 aliphatic carbocycles. The van der Waals surface area contributed by atoms with Crippen LogP contribution < -0.4 is 5.32 Å². The third-order valence-electron chi connectivity index (χ3n) is 2.50. The lowest BCUT2D eigenvalue weighted by Crippen LogP contribution is -2.44. The molecule has 3 nitrogen and oxygen atoms in total. The second-order valence-electron chi connectivity index (χ2n) is 3.83. The molecule has 0 aliphatic rings. The number of halogens is 4. The molecule has 0 saturated carbocycles. The van der Waals surface area contributed by atoms with Crippen molar-refractivity contribution in [1.29, 1.82) is 0 Å². The van der Waals surface area contributed by atoms with Crippen LogP contribution in [0, 0.1) is 6.92 Å². The van der Waals surface area contributed by atoms with E-state index in [0.29, 0.717) is 15.9 Å². The van der Waals surface area contributed by atoms with Crippen LogP contribution in [0.25, 0.3) is 0 Å². The van der Waals surface area contributed by atoms with Gasteiger partial charge in [-0.05, 0) is 29.4 Å². The van der Waals surface area contributed by atoms with E-state index in [1.807, 2.05) is 0 Å². The minimum Gasteiger partial charge on any atom is -0.306 e. The van der Waals surface area contributed by atoms with Crippen molar-refractivity contribution in [2.75, 3.05) is 6.54 Å². The molecule has 0 saturated heterocycles. The molecule has 1 unspecified atom stereocenters. The summed E-state index contributed by atoms with van der Waals surface area (Å²) < 4.78 is 40.4. The molecule has 1 rings (SSSR count). The number of hydrogen-bond donors (Lipinski definition) is 1. The molecular weight excluding hydrogens is 299 g/mol. The number of aromatic nitrogens is 2. The van der Waals surface area contributed by atoms with Crippen LogP contribution in [-0.4, -0.2) is 28.5 Å². The molecule has 1 aromatic rings. The number of aryl methyl sites for hydroxylation is 2. The number of hydrogen-bond acceptors (Lipinski definition) is 2. The molecule has 0 fully saturated rings. The maximum Gasteiger partial charge on any atom is 0.404 e. The van der Waals surface area contributed by atoms with Gasteiger partial charge < -0.3 is 5.32 Å². The van der Waals surface area contributed by atoms with Crippen molar-refractivity contribution in [3.63, 3.8) is 0 Å². The minimum atomic E-state index is -4.26. The molecule has 1 atom stereocenters. The average molecular weight is 314 g/mol. The van der Waals surface area contributed by atoms with Gasteiger partial charge in [0.05, 0.1) is 15.9 Å². The first-order valence-electron chi connectivity index (χ1n) is 5.25. The zero-order valence-corrected chi connectivity index (χ0v) is 11.5. The van der Waals surface area contributed by atoms with Crippen LogP contribution in [0.15, 0.2) is 4.47 Å². The van der Waals surface area contributed by atoms with Gasteiger partial charge in [-0.15, -0.1) is 0 Å². The Morgan fingerprint density at radius 3 is 2.41 bits per heavy atom. The lowest BCUT2D eigenvalue weighted by molar-refractivity contribution is -0.155. The molecule has 0 bridgehead atoms. The van der Waals surface area contributed by atoms with Gasteiger partial charge in [-0.25, -0.2) is 0 Å². The number of likely N-dealkylation sites (N-methyl/N-ethyl adjacent to an activating group) is 1. The van der Waals surface area contributed by atoms with Crippen LogP contribution in [0.3, 0.4) is 0 Å². The van der Waals surface area contributed by atoms with Crippen LogP contribution >= 0.6 is 15.9 Å². The maximum absolute atomic E-state index is 12.8. The Bertz CT molecular complexity index is 387. The first kappa shape index (κ1) is 14.5. The van der Waals surface area contributed by atoms with Crippen molar-refractivity contribution in [2.45, 2.75) is 32.5 Å². The van der Waals surface area contributed by atoms with Gasteiger partial charge in [0.1, 0.15) is 6.04 Å². The van der Waals surface area contributed by atoms with Gasteiger partial charge in [-0.3, -0.25) is 4.68 Å². The van der Waals surface area contributed by atoms with E-state index in [1.165, 1.54) is 4.68 Å². The molecule has 17 heavy (non-hydrogen) atoms. The predicted octanol–water partition coefficient (Wildman–Crippen LogP) is 2.57. The largest absolute Gasteiger partial charge is 0.404 e. The van der Waals surface area contributed by atoms with E-state index in [0.717, 1.165) is 0 Å². The van der Waals surface area contributed by atoms with E-state index in [-0.39, 0.29) is 13.0 Å². The van der Waals surface area contributed by atoms with Gasteiger partial charge in [0.2, 0.25) is 0 Å². The molecule has 0 spiro atoms. The van der Waals surface area contributed by atoms with Crippen molar-refractivity contribution >= 4 is 15.9 Å². The Morgan fingerprint density at radius 1 is 1.47 bits per heavy atom. The van der Waals surface area contributed by atoms with Crippen molar-refractivity contribution in [1.82, 2.24) is 15.1 Å². The number of nitrogens with zero attached hydrogens (tertiary/aromatic N) is 2. The Labute approximate surface area is 107 Å². The topological polar surface area (TPSA) is 29.9 Å². The molecule has 0 amide bonds. The molecule has 1 N–H and O–H groups in total. The van der Waals surface area contributed by atoms with Gasteiger partial charge in [-0.1, -0.05) is 6.92 Å². The second kappa shape index (κ2) is 5.39. The fraction of sp³-hybridized carbons (Fsp3) is 0.700. The Balaban J connectivity index is 2.94. The summed E-state index contributed by atoms with van der Waals surface area (Å²) in [6.07, 6.45) is -4.39. The fourth-order valence-electron chi connectivity index (χ4n) is 1.65. The highest BCUT2D eigenvalue weighted by Crippen LogP contribution is 2.27. The second-order valence-corrected chi connectivity index (χ2v) is 4.62. The predicted molar refractivity (Wildman–Crippen MR) is 62.9 cm³/mol. The first-order chi connectivity index (χ1) is 7.77. The zero-order valence-electron chi connectivity index (χ0n) is 9.90. The fourth-order valence-corrected chi connectivity index (χ4v) is 2.14. The van der Waals surface area contributed by atoms with Crippen molar-refractivity contribution in [3.05, 3.63) is 15.9 Å². The number of nitrogens with one attached hydrogen (secondary N) is 1. The molecule has 0 aliphatic heterocycles. The number of rotatable bonds is 4. The lowest BCUT2D eigenvalue weighted by Gasteiger charge is -2.21. The SMILES string of the molecule is CCNC(Cc1c(Br)c(C)nn1C)C(F)(F)F. The summed E-state index contributed by atoms with van der Waals surface area (Å²) in [6, 6.07) is -1.54. The van der Waals surface area contributed by atoms with Gasteiger partial charge in [0.25, 0.3) is 0 Å².